The van der Waals surface area contributed by atoms with Crippen LogP contribution in [0.5, 0.6) is 5.75 Å². The Labute approximate surface area is 152 Å². The van der Waals surface area contributed by atoms with Crippen LogP contribution in [-0.4, -0.2) is 20.3 Å². The Hall–Kier alpha value is -3.02. The first-order valence-corrected chi connectivity index (χ1v) is 8.66. The number of carbonyl (C=O) groups excluding carboxylic acids is 1. The van der Waals surface area contributed by atoms with E-state index in [1.165, 1.54) is 11.1 Å². The number of rotatable bonds is 4. The maximum absolute atomic E-state index is 11.6. The van der Waals surface area contributed by atoms with E-state index in [1.54, 1.807) is 0 Å². The van der Waals surface area contributed by atoms with Crippen molar-refractivity contribution in [3.8, 4) is 5.75 Å². The number of nitrogens with zero attached hydrogens (tertiary/aromatic N) is 3. The first-order chi connectivity index (χ1) is 12.6. The van der Waals surface area contributed by atoms with Crippen molar-refractivity contribution in [1.82, 2.24) is 14.3 Å². The Bertz CT molecular complexity index is 955. The van der Waals surface area contributed by atoms with Crippen molar-refractivity contribution in [1.29, 1.82) is 0 Å². The smallest absolute Gasteiger partial charge is 0.311 e. The predicted molar refractivity (Wildman–Crippen MR) is 99.0 cm³/mol. The van der Waals surface area contributed by atoms with E-state index >= 15 is 0 Å². The fourth-order valence-electron chi connectivity index (χ4n) is 3.21. The average Bonchev–Trinajstić information content (AvgIpc) is 3.15. The van der Waals surface area contributed by atoms with E-state index in [9.17, 15) is 4.79 Å². The molecule has 2 aromatic heterocycles. The van der Waals surface area contributed by atoms with Gasteiger partial charge in [-0.05, 0) is 43.2 Å². The Kier molecular flexibility index (Phi) is 4.24. The van der Waals surface area contributed by atoms with Crippen molar-refractivity contribution in [3.05, 3.63) is 72.2 Å². The second kappa shape index (κ2) is 6.71. The standard InChI is InChI=1S/C20H21N4O2/c1-3-20(25)26-19-7-9-23-13-16-5-4-15(10-17(16)21-11-18(19)23)12-24-14(2)6-8-22-24/h4-10,21H,1,3,11-13H2,2H3. The number of fused-ring (bicyclic) bond motifs is 2. The maximum atomic E-state index is 11.6. The molecule has 0 saturated heterocycles. The molecule has 4 rings (SSSR count). The molecule has 0 spiro atoms. The number of aromatic nitrogens is 3. The minimum Gasteiger partial charge on any atom is -0.425 e. The van der Waals surface area contributed by atoms with Crippen LogP contribution in [0.25, 0.3) is 0 Å². The van der Waals surface area contributed by atoms with Crippen LogP contribution in [0, 0.1) is 13.8 Å². The number of esters is 1. The first kappa shape index (κ1) is 16.4. The number of hydrogen-bond donors (Lipinski definition) is 1. The van der Waals surface area contributed by atoms with Crippen LogP contribution < -0.4 is 10.1 Å². The number of anilines is 1. The summed E-state index contributed by atoms with van der Waals surface area (Å²) in [6, 6.07) is 10.3. The highest BCUT2D eigenvalue weighted by Crippen LogP contribution is 2.29. The van der Waals surface area contributed by atoms with Crippen molar-refractivity contribution in [2.45, 2.75) is 33.0 Å². The van der Waals surface area contributed by atoms with Gasteiger partial charge >= 0.3 is 5.97 Å². The molecule has 3 aromatic rings. The lowest BCUT2D eigenvalue weighted by atomic mass is 10.1. The first-order valence-electron chi connectivity index (χ1n) is 8.66. The lowest BCUT2D eigenvalue weighted by Crippen LogP contribution is -2.09. The summed E-state index contributed by atoms with van der Waals surface area (Å²) >= 11 is 0. The average molecular weight is 349 g/mol. The van der Waals surface area contributed by atoms with Crippen LogP contribution >= 0.6 is 0 Å². The second-order valence-electron chi connectivity index (χ2n) is 6.45. The summed E-state index contributed by atoms with van der Waals surface area (Å²) in [4.78, 5) is 11.6. The topological polar surface area (TPSA) is 61.1 Å². The number of benzene rings is 1. The third-order valence-corrected chi connectivity index (χ3v) is 4.69. The van der Waals surface area contributed by atoms with E-state index in [1.807, 2.05) is 29.2 Å². The summed E-state index contributed by atoms with van der Waals surface area (Å²) in [7, 11) is 0. The van der Waals surface area contributed by atoms with Gasteiger partial charge in [0.2, 0.25) is 0 Å². The molecule has 0 bridgehead atoms. The Morgan fingerprint density at radius 1 is 1.35 bits per heavy atom. The Morgan fingerprint density at radius 2 is 2.23 bits per heavy atom. The summed E-state index contributed by atoms with van der Waals surface area (Å²) < 4.78 is 9.49. The van der Waals surface area contributed by atoms with Crippen molar-refractivity contribution in [2.75, 3.05) is 5.32 Å². The van der Waals surface area contributed by atoms with Gasteiger partial charge in [-0.1, -0.05) is 12.1 Å². The zero-order valence-corrected chi connectivity index (χ0v) is 14.7. The third-order valence-electron chi connectivity index (χ3n) is 4.69. The molecule has 6 nitrogen and oxygen atoms in total. The largest absolute Gasteiger partial charge is 0.425 e. The van der Waals surface area contributed by atoms with E-state index in [-0.39, 0.29) is 12.4 Å². The quantitative estimate of drug-likeness (QED) is 0.735. The molecule has 1 aliphatic rings. The predicted octanol–water partition coefficient (Wildman–Crippen LogP) is 3.14. The van der Waals surface area contributed by atoms with Gasteiger partial charge in [-0.15, -0.1) is 0 Å². The molecular formula is C20H21N4O2. The third kappa shape index (κ3) is 3.10. The van der Waals surface area contributed by atoms with Gasteiger partial charge in [0.25, 0.3) is 0 Å². The SMILES string of the molecule is [CH2]CC(=O)Oc1ccn2c1CNc1cc(Cn3nccc3C)ccc1C2. The molecule has 3 heterocycles. The van der Waals surface area contributed by atoms with Crippen molar-refractivity contribution >= 4 is 11.7 Å². The molecule has 0 unspecified atom stereocenters. The summed E-state index contributed by atoms with van der Waals surface area (Å²) in [5.41, 5.74) is 5.60. The van der Waals surface area contributed by atoms with E-state index in [0.717, 1.165) is 30.2 Å². The molecule has 1 aliphatic heterocycles. The Balaban J connectivity index is 1.57. The van der Waals surface area contributed by atoms with E-state index in [4.69, 9.17) is 4.74 Å². The van der Waals surface area contributed by atoms with Crippen LogP contribution in [0.1, 0.15) is 28.9 Å². The van der Waals surface area contributed by atoms with Crippen molar-refractivity contribution < 1.29 is 9.53 Å². The van der Waals surface area contributed by atoms with Gasteiger partial charge in [-0.2, -0.15) is 5.10 Å². The highest BCUT2D eigenvalue weighted by molar-refractivity contribution is 5.73. The van der Waals surface area contributed by atoms with Crippen LogP contribution in [-0.2, 0) is 24.4 Å². The van der Waals surface area contributed by atoms with E-state index in [2.05, 4.69) is 47.0 Å². The molecule has 0 aliphatic carbocycles. The highest BCUT2D eigenvalue weighted by atomic mass is 16.5. The minimum absolute atomic E-state index is 0.120. The van der Waals surface area contributed by atoms with Crippen LogP contribution in [0.3, 0.4) is 0 Å². The lowest BCUT2D eigenvalue weighted by molar-refractivity contribution is -0.133. The molecule has 26 heavy (non-hydrogen) atoms. The zero-order chi connectivity index (χ0) is 18.1. The number of ether oxygens (including phenoxy) is 1. The van der Waals surface area contributed by atoms with E-state index < -0.39 is 0 Å². The fourth-order valence-corrected chi connectivity index (χ4v) is 3.21. The molecule has 0 amide bonds. The maximum Gasteiger partial charge on any atom is 0.311 e. The molecule has 0 fully saturated rings. The monoisotopic (exact) mass is 349 g/mol. The Morgan fingerprint density at radius 3 is 3.00 bits per heavy atom. The molecule has 133 valence electrons. The molecule has 1 radical (unpaired) electrons. The van der Waals surface area contributed by atoms with Gasteiger partial charge in [-0.25, -0.2) is 0 Å². The van der Waals surface area contributed by atoms with E-state index in [0.29, 0.717) is 12.3 Å². The number of aryl methyl sites for hydroxylation is 1. The van der Waals surface area contributed by atoms with Gasteiger partial charge in [0, 0.05) is 36.7 Å². The number of hydrogen-bond acceptors (Lipinski definition) is 4. The number of carbonyl (C=O) groups is 1. The highest BCUT2D eigenvalue weighted by Gasteiger charge is 2.18. The second-order valence-corrected chi connectivity index (χ2v) is 6.45. The molecule has 1 aromatic carbocycles. The summed E-state index contributed by atoms with van der Waals surface area (Å²) in [5, 5.41) is 7.83. The van der Waals surface area contributed by atoms with Crippen LogP contribution in [0.2, 0.25) is 0 Å². The molecule has 6 heteroatoms. The summed E-state index contributed by atoms with van der Waals surface area (Å²) in [5.74, 6) is 0.281. The summed E-state index contributed by atoms with van der Waals surface area (Å²) in [6.07, 6.45) is 3.90. The lowest BCUT2D eigenvalue weighted by Gasteiger charge is -2.11. The zero-order valence-electron chi connectivity index (χ0n) is 14.7. The molecule has 1 N–H and O–H groups in total. The van der Waals surface area contributed by atoms with Gasteiger partial charge in [0.1, 0.15) is 0 Å². The van der Waals surface area contributed by atoms with Crippen molar-refractivity contribution in [3.63, 3.8) is 0 Å². The fraction of sp³-hybridized carbons (Fsp3) is 0.250. The molecular weight excluding hydrogens is 328 g/mol. The van der Waals surface area contributed by atoms with Gasteiger partial charge in [0.15, 0.2) is 5.75 Å². The molecule has 0 atom stereocenters. The van der Waals surface area contributed by atoms with Crippen LogP contribution in [0.15, 0.2) is 42.7 Å². The number of nitrogens with one attached hydrogen (secondary N) is 1. The van der Waals surface area contributed by atoms with Gasteiger partial charge in [0.05, 0.1) is 18.8 Å². The molecule has 0 saturated carbocycles. The normalized spacial score (nSPS) is 12.7. The summed E-state index contributed by atoms with van der Waals surface area (Å²) in [6.45, 7) is 7.70. The van der Waals surface area contributed by atoms with Crippen molar-refractivity contribution in [2.24, 2.45) is 0 Å². The minimum atomic E-state index is -0.322. The van der Waals surface area contributed by atoms with Gasteiger partial charge < -0.3 is 14.6 Å². The van der Waals surface area contributed by atoms with Gasteiger partial charge in [-0.3, -0.25) is 9.48 Å². The van der Waals surface area contributed by atoms with Crippen LogP contribution in [0.4, 0.5) is 5.69 Å².